The maximum Gasteiger partial charge on any atom is 0.256 e. The molecule has 1 atom stereocenters. The van der Waals surface area contributed by atoms with Crippen molar-refractivity contribution in [2.75, 3.05) is 23.5 Å². The third kappa shape index (κ3) is 4.89. The second kappa shape index (κ2) is 9.88. The van der Waals surface area contributed by atoms with Gasteiger partial charge in [0, 0.05) is 5.56 Å². The molecule has 1 aromatic heterocycles. The molecule has 9 nitrogen and oxygen atoms in total. The van der Waals surface area contributed by atoms with Crippen LogP contribution in [0.25, 0.3) is 5.69 Å². The first kappa shape index (κ1) is 22.6. The summed E-state index contributed by atoms with van der Waals surface area (Å²) in [6.07, 6.45) is 1.63. The quantitative estimate of drug-likeness (QED) is 0.337. The molecule has 9 heteroatoms. The van der Waals surface area contributed by atoms with Crippen molar-refractivity contribution in [1.82, 2.24) is 9.78 Å². The van der Waals surface area contributed by atoms with Crippen LogP contribution in [0.5, 0.6) is 5.75 Å². The van der Waals surface area contributed by atoms with Gasteiger partial charge in [0.15, 0.2) is 5.82 Å². The van der Waals surface area contributed by atoms with E-state index in [0.717, 1.165) is 5.69 Å². The number of carbonyl (C=O) groups excluding carboxylic acids is 2. The van der Waals surface area contributed by atoms with E-state index in [1.165, 1.54) is 7.11 Å². The Morgan fingerprint density at radius 1 is 0.941 bits per heavy atom. The number of rotatable bonds is 7. The zero-order chi connectivity index (χ0) is 24.1. The largest absolute Gasteiger partial charge is 0.495 e. The van der Waals surface area contributed by atoms with Gasteiger partial charge in [0.2, 0.25) is 5.91 Å². The van der Waals surface area contributed by atoms with Crippen LogP contribution in [0, 0.1) is 0 Å². The highest BCUT2D eigenvalue weighted by molar-refractivity contribution is 6.05. The van der Waals surface area contributed by atoms with Crippen molar-refractivity contribution in [1.29, 1.82) is 0 Å². The second-order valence-corrected chi connectivity index (χ2v) is 7.46. The molecule has 4 rings (SSSR count). The van der Waals surface area contributed by atoms with Crippen molar-refractivity contribution >= 4 is 29.0 Å². The van der Waals surface area contributed by atoms with Crippen LogP contribution in [0.3, 0.4) is 0 Å². The van der Waals surface area contributed by atoms with Crippen molar-refractivity contribution in [2.45, 2.75) is 6.04 Å². The van der Waals surface area contributed by atoms with Gasteiger partial charge in [-0.05, 0) is 42.0 Å². The molecule has 4 aromatic rings. The fourth-order valence-electron chi connectivity index (χ4n) is 3.33. The molecule has 0 aliphatic carbocycles. The highest BCUT2D eigenvalue weighted by Gasteiger charge is 2.18. The molecule has 2 amide bonds. The number of hydrogen-bond donors (Lipinski definition) is 4. The topological polar surface area (TPSA) is 137 Å². The van der Waals surface area contributed by atoms with Gasteiger partial charge in [0.1, 0.15) is 11.8 Å². The number of ether oxygens (including phenoxy) is 1. The van der Waals surface area contributed by atoms with Crippen molar-refractivity contribution < 1.29 is 14.3 Å². The Bertz CT molecular complexity index is 1300. The Morgan fingerprint density at radius 3 is 2.32 bits per heavy atom. The van der Waals surface area contributed by atoms with Gasteiger partial charge in [-0.1, -0.05) is 42.5 Å². The fraction of sp³-hybridized carbons (Fsp3) is 0.0800. The van der Waals surface area contributed by atoms with Crippen LogP contribution < -0.4 is 26.8 Å². The maximum atomic E-state index is 12.7. The number of benzene rings is 3. The lowest BCUT2D eigenvalue weighted by Gasteiger charge is -2.15. The smallest absolute Gasteiger partial charge is 0.256 e. The molecule has 34 heavy (non-hydrogen) atoms. The molecular weight excluding hydrogens is 432 g/mol. The average molecular weight is 457 g/mol. The highest BCUT2D eigenvalue weighted by Crippen LogP contribution is 2.25. The van der Waals surface area contributed by atoms with Crippen molar-refractivity contribution in [3.05, 3.63) is 96.2 Å². The zero-order valence-corrected chi connectivity index (χ0v) is 18.4. The summed E-state index contributed by atoms with van der Waals surface area (Å²) in [5, 5.41) is 9.82. The van der Waals surface area contributed by atoms with E-state index in [9.17, 15) is 9.59 Å². The number of nitrogen functional groups attached to an aromatic ring is 1. The molecule has 6 N–H and O–H groups in total. The lowest BCUT2D eigenvalue weighted by molar-refractivity contribution is -0.117. The Labute approximate surface area is 196 Å². The van der Waals surface area contributed by atoms with Gasteiger partial charge in [-0.25, -0.2) is 4.68 Å². The average Bonchev–Trinajstić information content (AvgIpc) is 3.24. The van der Waals surface area contributed by atoms with E-state index >= 15 is 0 Å². The van der Waals surface area contributed by atoms with E-state index in [1.807, 2.05) is 30.3 Å². The number of anilines is 3. The minimum absolute atomic E-state index is 0.255. The van der Waals surface area contributed by atoms with E-state index in [0.29, 0.717) is 28.3 Å². The molecule has 0 spiro atoms. The van der Waals surface area contributed by atoms with Crippen LogP contribution in [-0.2, 0) is 4.79 Å². The van der Waals surface area contributed by atoms with Crippen LogP contribution in [0.1, 0.15) is 22.0 Å². The number of nitrogens with zero attached hydrogens (tertiary/aromatic N) is 2. The van der Waals surface area contributed by atoms with E-state index in [4.69, 9.17) is 16.2 Å². The molecule has 1 heterocycles. The number of hydrogen-bond acceptors (Lipinski definition) is 6. The van der Waals surface area contributed by atoms with E-state index in [1.54, 1.807) is 59.4 Å². The van der Waals surface area contributed by atoms with Crippen molar-refractivity contribution in [3.8, 4) is 11.4 Å². The van der Waals surface area contributed by atoms with Gasteiger partial charge >= 0.3 is 0 Å². The second-order valence-electron chi connectivity index (χ2n) is 7.46. The van der Waals surface area contributed by atoms with Crippen LogP contribution in [0.2, 0.25) is 0 Å². The van der Waals surface area contributed by atoms with Crippen LogP contribution in [-0.4, -0.2) is 28.7 Å². The predicted octanol–water partition coefficient (Wildman–Crippen LogP) is 3.35. The summed E-state index contributed by atoms with van der Waals surface area (Å²) < 4.78 is 6.83. The third-order valence-corrected chi connectivity index (χ3v) is 5.17. The normalized spacial score (nSPS) is 11.5. The third-order valence-electron chi connectivity index (χ3n) is 5.17. The Kier molecular flexibility index (Phi) is 6.56. The van der Waals surface area contributed by atoms with Crippen molar-refractivity contribution in [2.24, 2.45) is 5.73 Å². The minimum Gasteiger partial charge on any atom is -0.495 e. The molecule has 0 aliphatic rings. The monoisotopic (exact) mass is 456 g/mol. The lowest BCUT2D eigenvalue weighted by atomic mass is 10.0. The summed E-state index contributed by atoms with van der Waals surface area (Å²) in [4.78, 5) is 25.3. The van der Waals surface area contributed by atoms with Crippen molar-refractivity contribution in [3.63, 3.8) is 0 Å². The van der Waals surface area contributed by atoms with E-state index in [2.05, 4.69) is 15.7 Å². The molecule has 0 saturated carbocycles. The molecule has 172 valence electrons. The molecule has 0 aliphatic heterocycles. The van der Waals surface area contributed by atoms with Gasteiger partial charge in [0.05, 0.1) is 30.4 Å². The standard InChI is InChI=1S/C25H24N6O3/c1-34-21-10-6-5-9-20(21)28-25(33)22(27)16-11-13-17(14-12-16)24(32)29-23-19(26)15-31(30-23)18-7-3-2-4-8-18/h2-15,22H,26-27H2,1H3,(H,28,33)(H,29,30,32). The van der Waals surface area contributed by atoms with Crippen LogP contribution in [0.15, 0.2) is 85.1 Å². The molecular formula is C25H24N6O3. The van der Waals surface area contributed by atoms with Gasteiger partial charge in [-0.3, -0.25) is 9.59 Å². The number of amides is 2. The van der Waals surface area contributed by atoms with Crippen LogP contribution >= 0.6 is 0 Å². The molecule has 3 aromatic carbocycles. The number of methoxy groups -OCH3 is 1. The molecule has 0 fully saturated rings. The minimum atomic E-state index is -0.931. The summed E-state index contributed by atoms with van der Waals surface area (Å²) in [5.74, 6) is -0.000556. The SMILES string of the molecule is COc1ccccc1NC(=O)C(N)c1ccc(C(=O)Nc2nn(-c3ccccc3)cc2N)cc1. The van der Waals surface area contributed by atoms with E-state index < -0.39 is 11.9 Å². The molecule has 0 saturated heterocycles. The Balaban J connectivity index is 1.42. The number of carbonyl (C=O) groups is 2. The summed E-state index contributed by atoms with van der Waals surface area (Å²) in [6, 6.07) is 22.0. The highest BCUT2D eigenvalue weighted by atomic mass is 16.5. The van der Waals surface area contributed by atoms with Gasteiger partial charge in [-0.15, -0.1) is 5.10 Å². The number of nitrogens with one attached hydrogen (secondary N) is 2. The molecule has 0 bridgehead atoms. The summed E-state index contributed by atoms with van der Waals surface area (Å²) in [5.41, 5.74) is 14.7. The summed E-state index contributed by atoms with van der Waals surface area (Å²) in [7, 11) is 1.52. The van der Waals surface area contributed by atoms with Gasteiger partial charge in [-0.2, -0.15) is 0 Å². The molecule has 0 radical (unpaired) electrons. The van der Waals surface area contributed by atoms with Gasteiger partial charge in [0.25, 0.3) is 5.91 Å². The molecule has 1 unspecified atom stereocenters. The predicted molar refractivity (Wildman–Crippen MR) is 131 cm³/mol. The Hall–Kier alpha value is -4.63. The first-order valence-electron chi connectivity index (χ1n) is 10.5. The summed E-state index contributed by atoms with van der Waals surface area (Å²) in [6.45, 7) is 0. The van der Waals surface area contributed by atoms with Gasteiger partial charge < -0.3 is 26.8 Å². The Morgan fingerprint density at radius 2 is 1.62 bits per heavy atom. The maximum absolute atomic E-state index is 12.7. The zero-order valence-electron chi connectivity index (χ0n) is 18.4. The number of nitrogens with two attached hydrogens (primary N) is 2. The number of para-hydroxylation sites is 3. The first-order chi connectivity index (χ1) is 16.5. The van der Waals surface area contributed by atoms with Crippen LogP contribution in [0.4, 0.5) is 17.2 Å². The number of aromatic nitrogens is 2. The lowest BCUT2D eigenvalue weighted by Crippen LogP contribution is -2.28. The van der Waals surface area contributed by atoms with E-state index in [-0.39, 0.29) is 11.7 Å². The first-order valence-corrected chi connectivity index (χ1v) is 10.5. The summed E-state index contributed by atoms with van der Waals surface area (Å²) >= 11 is 0. The fourth-order valence-corrected chi connectivity index (χ4v) is 3.33.